The van der Waals surface area contributed by atoms with Gasteiger partial charge in [-0.15, -0.1) is 0 Å². The van der Waals surface area contributed by atoms with Gasteiger partial charge in [0.15, 0.2) is 0 Å². The van der Waals surface area contributed by atoms with Gasteiger partial charge in [-0.05, 0) is 58.4 Å². The largest absolute Gasteiger partial charge is 0.464 e. The monoisotopic (exact) mass is 503 g/mol. The van der Waals surface area contributed by atoms with Crippen LogP contribution in [0.5, 0.6) is 0 Å². The van der Waals surface area contributed by atoms with Gasteiger partial charge in [-0.2, -0.15) is 0 Å². The third kappa shape index (κ3) is 8.05. The summed E-state index contributed by atoms with van der Waals surface area (Å²) in [6.45, 7) is 10.7. The van der Waals surface area contributed by atoms with Crippen LogP contribution in [0.25, 0.3) is 0 Å². The molecule has 1 saturated heterocycles. The number of carbonyl (C=O) groups is 4. The normalized spacial score (nSPS) is 17.4. The van der Waals surface area contributed by atoms with Gasteiger partial charge in [0.2, 0.25) is 11.8 Å². The summed E-state index contributed by atoms with van der Waals surface area (Å²) in [6.07, 6.45) is 1.37. The van der Waals surface area contributed by atoms with Crippen LogP contribution in [0.1, 0.15) is 59.9 Å². The molecule has 1 aromatic carbocycles. The fourth-order valence-corrected chi connectivity index (χ4v) is 4.39. The average Bonchev–Trinajstić information content (AvgIpc) is 3.28. The zero-order valence-electron chi connectivity index (χ0n) is 22.4. The molecule has 1 aliphatic rings. The van der Waals surface area contributed by atoms with Gasteiger partial charge >= 0.3 is 11.9 Å². The minimum Gasteiger partial charge on any atom is -0.464 e. The predicted octanol–water partition coefficient (Wildman–Crippen LogP) is 2.31. The average molecular weight is 504 g/mol. The SMILES string of the molecule is CCOC(=O)C(C(C)C)N(CC(=O)N1CCCC1C(=O)OC(C)(C)C)C(=O)C(N)Cc1ccccc1. The minimum absolute atomic E-state index is 0.140. The van der Waals surface area contributed by atoms with E-state index >= 15 is 0 Å². The van der Waals surface area contributed by atoms with Gasteiger partial charge in [0.25, 0.3) is 0 Å². The standard InChI is InChI=1S/C27H41N3O6/c1-7-35-26(34)23(18(2)3)30(24(32)20(28)16-19-12-9-8-10-13-19)17-22(31)29-15-11-14-21(29)25(33)36-27(4,5)6/h8-10,12-13,18,20-21,23H,7,11,14-17,28H2,1-6H3. The molecule has 0 spiro atoms. The Bertz CT molecular complexity index is 912. The number of hydrogen-bond acceptors (Lipinski definition) is 7. The molecule has 200 valence electrons. The van der Waals surface area contributed by atoms with Crippen LogP contribution in [0.15, 0.2) is 30.3 Å². The summed E-state index contributed by atoms with van der Waals surface area (Å²) in [5.41, 5.74) is 6.47. The Labute approximate surface area is 214 Å². The molecule has 1 aliphatic heterocycles. The molecule has 2 N–H and O–H groups in total. The molecule has 0 bridgehead atoms. The third-order valence-corrected chi connectivity index (χ3v) is 5.95. The molecule has 1 heterocycles. The van der Waals surface area contributed by atoms with Crippen molar-refractivity contribution in [2.75, 3.05) is 19.7 Å². The molecule has 9 heteroatoms. The van der Waals surface area contributed by atoms with Crippen LogP contribution >= 0.6 is 0 Å². The Morgan fingerprint density at radius 3 is 2.33 bits per heavy atom. The number of nitrogens with two attached hydrogens (primary N) is 1. The molecule has 2 rings (SSSR count). The highest BCUT2D eigenvalue weighted by atomic mass is 16.6. The smallest absolute Gasteiger partial charge is 0.329 e. The van der Waals surface area contributed by atoms with Crippen molar-refractivity contribution >= 4 is 23.8 Å². The lowest BCUT2D eigenvalue weighted by atomic mass is 9.99. The molecule has 0 radical (unpaired) electrons. The van der Waals surface area contributed by atoms with E-state index in [2.05, 4.69) is 0 Å². The number of ether oxygens (including phenoxy) is 2. The summed E-state index contributed by atoms with van der Waals surface area (Å²) >= 11 is 0. The highest BCUT2D eigenvalue weighted by Gasteiger charge is 2.41. The Hall–Kier alpha value is -2.94. The number of amides is 2. The van der Waals surface area contributed by atoms with Crippen LogP contribution in [-0.4, -0.2) is 77.0 Å². The van der Waals surface area contributed by atoms with E-state index in [9.17, 15) is 19.2 Å². The van der Waals surface area contributed by atoms with Crippen LogP contribution in [0, 0.1) is 5.92 Å². The van der Waals surface area contributed by atoms with Gasteiger partial charge in [-0.25, -0.2) is 9.59 Å². The first-order valence-electron chi connectivity index (χ1n) is 12.6. The summed E-state index contributed by atoms with van der Waals surface area (Å²) < 4.78 is 10.8. The van der Waals surface area contributed by atoms with Crippen molar-refractivity contribution in [2.24, 2.45) is 11.7 Å². The van der Waals surface area contributed by atoms with E-state index in [0.717, 1.165) is 5.56 Å². The van der Waals surface area contributed by atoms with E-state index < -0.39 is 47.5 Å². The zero-order chi connectivity index (χ0) is 27.0. The number of esters is 2. The molecule has 1 fully saturated rings. The number of rotatable bonds is 10. The Balaban J connectivity index is 2.30. The van der Waals surface area contributed by atoms with Crippen LogP contribution < -0.4 is 5.73 Å². The fourth-order valence-electron chi connectivity index (χ4n) is 4.39. The molecule has 3 unspecified atom stereocenters. The van der Waals surface area contributed by atoms with Crippen LogP contribution in [0.4, 0.5) is 0 Å². The van der Waals surface area contributed by atoms with Crippen LogP contribution in [0.2, 0.25) is 0 Å². The summed E-state index contributed by atoms with van der Waals surface area (Å²) in [5, 5.41) is 0. The number of likely N-dealkylation sites (tertiary alicyclic amines) is 1. The maximum atomic E-state index is 13.6. The molecule has 0 saturated carbocycles. The summed E-state index contributed by atoms with van der Waals surface area (Å²) in [7, 11) is 0. The van der Waals surface area contributed by atoms with Crippen molar-refractivity contribution in [3.8, 4) is 0 Å². The van der Waals surface area contributed by atoms with Gasteiger partial charge in [-0.3, -0.25) is 9.59 Å². The summed E-state index contributed by atoms with van der Waals surface area (Å²) in [5.74, 6) is -2.35. The Morgan fingerprint density at radius 1 is 1.14 bits per heavy atom. The Morgan fingerprint density at radius 2 is 1.78 bits per heavy atom. The van der Waals surface area contributed by atoms with Gasteiger partial charge in [0.1, 0.15) is 24.2 Å². The molecule has 9 nitrogen and oxygen atoms in total. The van der Waals surface area contributed by atoms with E-state index in [1.807, 2.05) is 30.3 Å². The number of carbonyl (C=O) groups excluding carboxylic acids is 4. The molecule has 0 aliphatic carbocycles. The minimum atomic E-state index is -0.995. The van der Waals surface area contributed by atoms with Crippen molar-refractivity contribution < 1.29 is 28.7 Å². The predicted molar refractivity (Wildman–Crippen MR) is 136 cm³/mol. The van der Waals surface area contributed by atoms with E-state index in [4.69, 9.17) is 15.2 Å². The van der Waals surface area contributed by atoms with Gasteiger partial charge in [0, 0.05) is 6.54 Å². The van der Waals surface area contributed by atoms with Gasteiger partial charge < -0.3 is 25.0 Å². The molecular weight excluding hydrogens is 462 g/mol. The molecule has 1 aromatic rings. The lowest BCUT2D eigenvalue weighted by Gasteiger charge is -2.35. The second kappa shape index (κ2) is 12.9. The number of hydrogen-bond donors (Lipinski definition) is 1. The van der Waals surface area contributed by atoms with Crippen LogP contribution in [0.3, 0.4) is 0 Å². The fraction of sp³-hybridized carbons (Fsp3) is 0.630. The van der Waals surface area contributed by atoms with Crippen molar-refractivity contribution in [3.63, 3.8) is 0 Å². The zero-order valence-corrected chi connectivity index (χ0v) is 22.4. The van der Waals surface area contributed by atoms with Crippen molar-refractivity contribution in [3.05, 3.63) is 35.9 Å². The summed E-state index contributed by atoms with van der Waals surface area (Å²) in [4.78, 5) is 55.4. The van der Waals surface area contributed by atoms with Gasteiger partial charge in [0.05, 0.1) is 12.6 Å². The maximum absolute atomic E-state index is 13.6. The second-order valence-corrected chi connectivity index (χ2v) is 10.5. The van der Waals surface area contributed by atoms with E-state index in [0.29, 0.717) is 19.4 Å². The highest BCUT2D eigenvalue weighted by Crippen LogP contribution is 2.23. The lowest BCUT2D eigenvalue weighted by Crippen LogP contribution is -2.58. The molecule has 0 aromatic heterocycles. The second-order valence-electron chi connectivity index (χ2n) is 10.5. The maximum Gasteiger partial charge on any atom is 0.329 e. The number of benzene rings is 1. The van der Waals surface area contributed by atoms with E-state index in [-0.39, 0.29) is 25.5 Å². The lowest BCUT2D eigenvalue weighted by molar-refractivity contribution is -0.165. The first-order valence-corrected chi connectivity index (χ1v) is 12.6. The molecule has 2 amide bonds. The Kier molecular flexibility index (Phi) is 10.5. The van der Waals surface area contributed by atoms with Crippen molar-refractivity contribution in [2.45, 2.75) is 84.5 Å². The molecular formula is C27H41N3O6. The van der Waals surface area contributed by atoms with Crippen molar-refractivity contribution in [1.29, 1.82) is 0 Å². The third-order valence-electron chi connectivity index (χ3n) is 5.95. The van der Waals surface area contributed by atoms with Crippen LogP contribution in [-0.2, 0) is 35.1 Å². The quantitative estimate of drug-likeness (QED) is 0.487. The first-order chi connectivity index (χ1) is 16.9. The van der Waals surface area contributed by atoms with Gasteiger partial charge in [-0.1, -0.05) is 44.2 Å². The highest BCUT2D eigenvalue weighted by molar-refractivity contribution is 5.93. The van der Waals surface area contributed by atoms with Crippen molar-refractivity contribution in [1.82, 2.24) is 9.80 Å². The molecule has 36 heavy (non-hydrogen) atoms. The molecule has 3 atom stereocenters. The summed E-state index contributed by atoms with van der Waals surface area (Å²) in [6, 6.07) is 6.62. The first kappa shape index (κ1) is 29.3. The van der Waals surface area contributed by atoms with E-state index in [1.165, 1.54) is 9.80 Å². The number of nitrogens with zero attached hydrogens (tertiary/aromatic N) is 2. The van der Waals surface area contributed by atoms with E-state index in [1.54, 1.807) is 41.5 Å². The topological polar surface area (TPSA) is 119 Å².